The molecule has 2 aromatic rings. The fourth-order valence-electron chi connectivity index (χ4n) is 2.06. The van der Waals surface area contributed by atoms with Crippen LogP contribution < -0.4 is 0 Å². The van der Waals surface area contributed by atoms with Gasteiger partial charge in [0.05, 0.1) is 11.6 Å². The smallest absolute Gasteiger partial charge is 0.0991 e. The van der Waals surface area contributed by atoms with Crippen LogP contribution in [0, 0.1) is 11.3 Å². The van der Waals surface area contributed by atoms with Gasteiger partial charge in [0, 0.05) is 4.90 Å². The summed E-state index contributed by atoms with van der Waals surface area (Å²) < 4.78 is 0. The van der Waals surface area contributed by atoms with Gasteiger partial charge in [0.25, 0.3) is 0 Å². The fourth-order valence-corrected chi connectivity index (χ4v) is 2.30. The van der Waals surface area contributed by atoms with E-state index in [1.165, 1.54) is 16.7 Å². The summed E-state index contributed by atoms with van der Waals surface area (Å²) in [5.74, 6) is 0. The zero-order chi connectivity index (χ0) is 13.0. The summed E-state index contributed by atoms with van der Waals surface area (Å²) in [4.78, 5) is 1.02. The van der Waals surface area contributed by atoms with E-state index in [1.807, 2.05) is 30.3 Å². The van der Waals surface area contributed by atoms with Crippen LogP contribution in [0.5, 0.6) is 0 Å². The Kier molecular flexibility index (Phi) is 4.07. The molecule has 0 aromatic heterocycles. The number of benzene rings is 2. The van der Waals surface area contributed by atoms with Crippen LogP contribution in [0.15, 0.2) is 47.4 Å². The third-order valence-electron chi connectivity index (χ3n) is 3.09. The lowest BCUT2D eigenvalue weighted by atomic mass is 9.96. The minimum absolute atomic E-state index is 0.731. The van der Waals surface area contributed by atoms with Crippen LogP contribution >= 0.6 is 12.6 Å². The van der Waals surface area contributed by atoms with Crippen molar-refractivity contribution in [3.05, 3.63) is 64.7 Å². The lowest BCUT2D eigenvalue weighted by Gasteiger charge is -2.10. The molecule has 90 valence electrons. The molecule has 2 aromatic carbocycles. The lowest BCUT2D eigenvalue weighted by molar-refractivity contribution is 1.04. The number of thiol groups is 1. The van der Waals surface area contributed by atoms with E-state index >= 15 is 0 Å². The SMILES string of the molecule is CCc1cc(C#N)ccc1Cc1ccccc1S. The highest BCUT2D eigenvalue weighted by Gasteiger charge is 2.05. The number of hydrogen-bond acceptors (Lipinski definition) is 2. The molecule has 18 heavy (non-hydrogen) atoms. The van der Waals surface area contributed by atoms with Crippen molar-refractivity contribution < 1.29 is 0 Å². The summed E-state index contributed by atoms with van der Waals surface area (Å²) in [6.07, 6.45) is 1.81. The average molecular weight is 253 g/mol. The maximum atomic E-state index is 8.92. The fraction of sp³-hybridized carbons (Fsp3) is 0.188. The van der Waals surface area contributed by atoms with Crippen molar-refractivity contribution in [1.82, 2.24) is 0 Å². The molecule has 0 aliphatic heterocycles. The molecule has 1 nitrogen and oxygen atoms in total. The number of rotatable bonds is 3. The molecule has 0 N–H and O–H groups in total. The van der Waals surface area contributed by atoms with E-state index < -0.39 is 0 Å². The van der Waals surface area contributed by atoms with Crippen molar-refractivity contribution in [2.75, 3.05) is 0 Å². The Hall–Kier alpha value is -1.72. The molecule has 0 atom stereocenters. The molecule has 0 amide bonds. The quantitative estimate of drug-likeness (QED) is 0.821. The molecule has 0 aliphatic carbocycles. The van der Waals surface area contributed by atoms with Crippen LogP contribution in [0.2, 0.25) is 0 Å². The number of nitrogens with zero attached hydrogens (tertiary/aromatic N) is 1. The minimum atomic E-state index is 0.731. The van der Waals surface area contributed by atoms with E-state index in [9.17, 15) is 0 Å². The minimum Gasteiger partial charge on any atom is -0.192 e. The third kappa shape index (κ3) is 2.75. The average Bonchev–Trinajstić information content (AvgIpc) is 2.41. The summed E-state index contributed by atoms with van der Waals surface area (Å²) in [5.41, 5.74) is 4.47. The number of hydrogen-bond donors (Lipinski definition) is 1. The molecule has 0 fully saturated rings. The van der Waals surface area contributed by atoms with Crippen LogP contribution in [0.4, 0.5) is 0 Å². The topological polar surface area (TPSA) is 23.8 Å². The second-order valence-electron chi connectivity index (χ2n) is 4.25. The van der Waals surface area contributed by atoms with Crippen molar-refractivity contribution in [1.29, 1.82) is 5.26 Å². The van der Waals surface area contributed by atoms with Gasteiger partial charge in [-0.15, -0.1) is 12.6 Å². The van der Waals surface area contributed by atoms with Crippen LogP contribution in [-0.4, -0.2) is 0 Å². The Labute approximate surface area is 113 Å². The molecule has 0 aliphatic rings. The van der Waals surface area contributed by atoms with E-state index in [2.05, 4.69) is 37.8 Å². The van der Waals surface area contributed by atoms with E-state index in [1.54, 1.807) is 0 Å². The molecule has 0 spiro atoms. The summed E-state index contributed by atoms with van der Waals surface area (Å²) in [6.45, 7) is 2.12. The van der Waals surface area contributed by atoms with Gasteiger partial charge in [-0.25, -0.2) is 0 Å². The van der Waals surface area contributed by atoms with Gasteiger partial charge in [-0.05, 0) is 47.7 Å². The molecule has 0 saturated carbocycles. The highest BCUT2D eigenvalue weighted by Crippen LogP contribution is 2.21. The molecule has 2 rings (SSSR count). The van der Waals surface area contributed by atoms with Gasteiger partial charge in [-0.1, -0.05) is 31.2 Å². The first-order valence-electron chi connectivity index (χ1n) is 6.03. The Balaban J connectivity index is 2.35. The highest BCUT2D eigenvalue weighted by molar-refractivity contribution is 7.80. The second-order valence-corrected chi connectivity index (χ2v) is 4.74. The van der Waals surface area contributed by atoms with Gasteiger partial charge in [-0.2, -0.15) is 5.26 Å². The van der Waals surface area contributed by atoms with Crippen molar-refractivity contribution in [3.8, 4) is 6.07 Å². The third-order valence-corrected chi connectivity index (χ3v) is 3.53. The summed E-state index contributed by atoms with van der Waals surface area (Å²) in [5, 5.41) is 8.92. The van der Waals surface area contributed by atoms with Crippen molar-refractivity contribution in [2.24, 2.45) is 0 Å². The van der Waals surface area contributed by atoms with Crippen molar-refractivity contribution in [2.45, 2.75) is 24.7 Å². The predicted molar refractivity (Wildman–Crippen MR) is 77.0 cm³/mol. The zero-order valence-corrected chi connectivity index (χ0v) is 11.2. The molecule has 2 heteroatoms. The van der Waals surface area contributed by atoms with Gasteiger partial charge < -0.3 is 0 Å². The Bertz CT molecular complexity index is 596. The largest absolute Gasteiger partial charge is 0.192 e. The molecule has 0 bridgehead atoms. The molecule has 0 heterocycles. The van der Waals surface area contributed by atoms with Crippen molar-refractivity contribution in [3.63, 3.8) is 0 Å². The van der Waals surface area contributed by atoms with E-state index in [-0.39, 0.29) is 0 Å². The first-order chi connectivity index (χ1) is 8.74. The van der Waals surface area contributed by atoms with Crippen LogP contribution in [-0.2, 0) is 12.8 Å². The first-order valence-corrected chi connectivity index (χ1v) is 6.48. The molecular formula is C16H15NS. The molecular weight excluding hydrogens is 238 g/mol. The Morgan fingerprint density at radius 1 is 1.06 bits per heavy atom. The van der Waals surface area contributed by atoms with Gasteiger partial charge in [0.15, 0.2) is 0 Å². The first kappa shape index (κ1) is 12.7. The lowest BCUT2D eigenvalue weighted by Crippen LogP contribution is -1.96. The summed E-state index contributed by atoms with van der Waals surface area (Å²) in [7, 11) is 0. The maximum absolute atomic E-state index is 8.92. The predicted octanol–water partition coefficient (Wildman–Crippen LogP) is 4.00. The Morgan fingerprint density at radius 2 is 1.83 bits per heavy atom. The van der Waals surface area contributed by atoms with E-state index in [0.717, 1.165) is 23.3 Å². The van der Waals surface area contributed by atoms with Gasteiger partial charge in [0.2, 0.25) is 0 Å². The van der Waals surface area contributed by atoms with Crippen LogP contribution in [0.1, 0.15) is 29.2 Å². The monoisotopic (exact) mass is 253 g/mol. The van der Waals surface area contributed by atoms with Crippen molar-refractivity contribution >= 4 is 12.6 Å². The van der Waals surface area contributed by atoms with E-state index in [0.29, 0.717) is 0 Å². The molecule has 0 radical (unpaired) electrons. The zero-order valence-electron chi connectivity index (χ0n) is 10.4. The summed E-state index contributed by atoms with van der Waals surface area (Å²) >= 11 is 4.48. The summed E-state index contributed by atoms with van der Waals surface area (Å²) in [6, 6.07) is 16.2. The molecule has 0 saturated heterocycles. The van der Waals surface area contributed by atoms with Gasteiger partial charge >= 0.3 is 0 Å². The van der Waals surface area contributed by atoms with E-state index in [4.69, 9.17) is 5.26 Å². The van der Waals surface area contributed by atoms with Crippen LogP contribution in [0.25, 0.3) is 0 Å². The van der Waals surface area contributed by atoms with Crippen LogP contribution in [0.3, 0.4) is 0 Å². The standard InChI is InChI=1S/C16H15NS/c1-2-13-9-12(11-17)7-8-14(13)10-15-5-3-4-6-16(15)18/h3-9,18H,2,10H2,1H3. The van der Waals surface area contributed by atoms with Gasteiger partial charge in [0.1, 0.15) is 0 Å². The molecule has 0 unspecified atom stereocenters. The highest BCUT2D eigenvalue weighted by atomic mass is 32.1. The number of aryl methyl sites for hydroxylation is 1. The Morgan fingerprint density at radius 3 is 2.50 bits per heavy atom. The number of nitriles is 1. The van der Waals surface area contributed by atoms with Gasteiger partial charge in [-0.3, -0.25) is 0 Å². The maximum Gasteiger partial charge on any atom is 0.0991 e. The second kappa shape index (κ2) is 5.75. The normalized spacial score (nSPS) is 10.1.